The lowest BCUT2D eigenvalue weighted by Gasteiger charge is -2.26. The van der Waals surface area contributed by atoms with Crippen molar-refractivity contribution in [2.24, 2.45) is 10.7 Å². The molecule has 23 heavy (non-hydrogen) atoms. The zero-order valence-electron chi connectivity index (χ0n) is 14.5. The van der Waals surface area contributed by atoms with Crippen LogP contribution in [0.4, 0.5) is 0 Å². The Labute approximate surface area is 140 Å². The highest BCUT2D eigenvalue weighted by molar-refractivity contribution is 5.77. The second-order valence-electron chi connectivity index (χ2n) is 6.29. The first-order valence-corrected chi connectivity index (χ1v) is 8.86. The van der Waals surface area contributed by atoms with Gasteiger partial charge in [0.25, 0.3) is 0 Å². The summed E-state index contributed by atoms with van der Waals surface area (Å²) < 4.78 is 10.5. The molecule has 7 heteroatoms. The molecule has 0 aliphatic carbocycles. The summed E-state index contributed by atoms with van der Waals surface area (Å²) in [6.07, 6.45) is 3.54. The Morgan fingerprint density at radius 3 is 2.91 bits per heavy atom. The number of nitrogens with zero attached hydrogens (tertiary/aromatic N) is 3. The van der Waals surface area contributed by atoms with Crippen molar-refractivity contribution in [2.75, 3.05) is 72.7 Å². The van der Waals surface area contributed by atoms with Crippen LogP contribution in [-0.2, 0) is 9.47 Å². The lowest BCUT2D eigenvalue weighted by Crippen LogP contribution is -2.39. The van der Waals surface area contributed by atoms with Crippen LogP contribution in [0.2, 0.25) is 0 Å². The van der Waals surface area contributed by atoms with Crippen LogP contribution in [0.15, 0.2) is 4.99 Å². The second kappa shape index (κ2) is 10.8. The third-order valence-electron chi connectivity index (χ3n) is 4.62. The number of morpholine rings is 1. The van der Waals surface area contributed by atoms with Crippen LogP contribution in [-0.4, -0.2) is 94.5 Å². The van der Waals surface area contributed by atoms with Gasteiger partial charge in [-0.2, -0.15) is 0 Å². The Balaban J connectivity index is 1.57. The van der Waals surface area contributed by atoms with Crippen molar-refractivity contribution in [3.63, 3.8) is 0 Å². The van der Waals surface area contributed by atoms with Crippen molar-refractivity contribution < 1.29 is 9.47 Å². The fourth-order valence-corrected chi connectivity index (χ4v) is 3.21. The van der Waals surface area contributed by atoms with Gasteiger partial charge in [-0.15, -0.1) is 0 Å². The summed E-state index contributed by atoms with van der Waals surface area (Å²) in [5, 5.41) is 3.23. The zero-order valence-corrected chi connectivity index (χ0v) is 14.5. The molecule has 7 nitrogen and oxygen atoms in total. The molecular formula is C16H33N5O2. The number of ether oxygens (including phenoxy) is 2. The Morgan fingerprint density at radius 1 is 1.30 bits per heavy atom. The zero-order chi connectivity index (χ0) is 16.3. The number of hydrogen-bond acceptors (Lipinski definition) is 5. The van der Waals surface area contributed by atoms with Gasteiger partial charge >= 0.3 is 0 Å². The van der Waals surface area contributed by atoms with Gasteiger partial charge in [-0.3, -0.25) is 14.8 Å². The summed E-state index contributed by atoms with van der Waals surface area (Å²) in [6, 6.07) is 0.513. The van der Waals surface area contributed by atoms with E-state index in [1.165, 1.54) is 12.8 Å². The van der Waals surface area contributed by atoms with Gasteiger partial charge in [-0.05, 0) is 32.4 Å². The Morgan fingerprint density at radius 2 is 2.13 bits per heavy atom. The van der Waals surface area contributed by atoms with E-state index in [4.69, 9.17) is 15.2 Å². The first-order chi connectivity index (χ1) is 11.3. The number of guanidine groups is 1. The molecule has 1 unspecified atom stereocenters. The number of nitrogens with one attached hydrogen (secondary N) is 1. The molecule has 1 atom stereocenters. The van der Waals surface area contributed by atoms with Crippen LogP contribution in [0, 0.1) is 0 Å². The first-order valence-electron chi connectivity index (χ1n) is 8.86. The van der Waals surface area contributed by atoms with Gasteiger partial charge in [-0.1, -0.05) is 0 Å². The molecule has 0 saturated carbocycles. The minimum Gasteiger partial charge on any atom is -0.383 e. The summed E-state index contributed by atoms with van der Waals surface area (Å²) in [4.78, 5) is 9.41. The SMILES string of the molecule is COCCN1CCCC1CN=C(N)NCCCN1CCOCC1. The molecule has 0 amide bonds. The molecule has 2 aliphatic rings. The third-order valence-corrected chi connectivity index (χ3v) is 4.62. The van der Waals surface area contributed by atoms with E-state index in [1.807, 2.05) is 0 Å². The molecule has 0 aromatic rings. The maximum absolute atomic E-state index is 5.98. The molecule has 2 fully saturated rings. The minimum atomic E-state index is 0.513. The number of methoxy groups -OCH3 is 1. The van der Waals surface area contributed by atoms with Crippen molar-refractivity contribution in [1.82, 2.24) is 15.1 Å². The largest absolute Gasteiger partial charge is 0.383 e. The average Bonchev–Trinajstić information content (AvgIpc) is 3.03. The van der Waals surface area contributed by atoms with Gasteiger partial charge in [0.05, 0.1) is 26.4 Å². The molecule has 2 rings (SSSR count). The summed E-state index contributed by atoms with van der Waals surface area (Å²) in [5.74, 6) is 0.575. The Kier molecular flexibility index (Phi) is 8.67. The number of nitrogens with two attached hydrogens (primary N) is 1. The molecular weight excluding hydrogens is 294 g/mol. The maximum atomic E-state index is 5.98. The summed E-state index contributed by atoms with van der Waals surface area (Å²) in [5.41, 5.74) is 5.98. The van der Waals surface area contributed by atoms with Crippen molar-refractivity contribution >= 4 is 5.96 Å². The van der Waals surface area contributed by atoms with Crippen molar-refractivity contribution in [2.45, 2.75) is 25.3 Å². The van der Waals surface area contributed by atoms with Crippen molar-refractivity contribution in [3.05, 3.63) is 0 Å². The van der Waals surface area contributed by atoms with E-state index in [0.717, 1.165) is 72.1 Å². The Bertz CT molecular complexity index is 347. The Hall–Kier alpha value is -0.890. The van der Waals surface area contributed by atoms with Crippen molar-refractivity contribution in [3.8, 4) is 0 Å². The molecule has 0 spiro atoms. The van der Waals surface area contributed by atoms with E-state index in [9.17, 15) is 0 Å². The quantitative estimate of drug-likeness (QED) is 0.345. The van der Waals surface area contributed by atoms with Crippen LogP contribution >= 0.6 is 0 Å². The van der Waals surface area contributed by atoms with Gasteiger partial charge < -0.3 is 20.5 Å². The molecule has 0 aromatic heterocycles. The topological polar surface area (TPSA) is 75.3 Å². The van der Waals surface area contributed by atoms with E-state index in [2.05, 4.69) is 20.1 Å². The van der Waals surface area contributed by atoms with E-state index in [-0.39, 0.29) is 0 Å². The number of rotatable bonds is 9. The standard InChI is InChI=1S/C16H33N5O2/c1-22-11-10-21-7-2-4-15(21)14-19-16(17)18-5-3-6-20-8-12-23-13-9-20/h15H,2-14H2,1H3,(H3,17,18,19). The molecule has 134 valence electrons. The summed E-state index contributed by atoms with van der Waals surface area (Å²) in [7, 11) is 1.75. The lowest BCUT2D eigenvalue weighted by atomic mass is 10.2. The summed E-state index contributed by atoms with van der Waals surface area (Å²) >= 11 is 0. The lowest BCUT2D eigenvalue weighted by molar-refractivity contribution is 0.0376. The highest BCUT2D eigenvalue weighted by Crippen LogP contribution is 2.16. The number of likely N-dealkylation sites (tertiary alicyclic amines) is 1. The summed E-state index contributed by atoms with van der Waals surface area (Å²) in [6.45, 7) is 9.49. The smallest absolute Gasteiger partial charge is 0.188 e. The number of aliphatic imine (C=N–C) groups is 1. The molecule has 0 radical (unpaired) electrons. The van der Waals surface area contributed by atoms with Crippen LogP contribution in [0.25, 0.3) is 0 Å². The van der Waals surface area contributed by atoms with E-state index < -0.39 is 0 Å². The first kappa shape index (κ1) is 18.4. The maximum Gasteiger partial charge on any atom is 0.188 e. The van der Waals surface area contributed by atoms with Gasteiger partial charge in [0, 0.05) is 39.3 Å². The van der Waals surface area contributed by atoms with Crippen LogP contribution < -0.4 is 11.1 Å². The van der Waals surface area contributed by atoms with E-state index >= 15 is 0 Å². The highest BCUT2D eigenvalue weighted by atomic mass is 16.5. The predicted molar refractivity (Wildman–Crippen MR) is 92.8 cm³/mol. The molecule has 3 N–H and O–H groups in total. The van der Waals surface area contributed by atoms with Gasteiger partial charge in [0.15, 0.2) is 5.96 Å². The molecule has 0 aromatic carbocycles. The molecule has 2 aliphatic heterocycles. The van der Waals surface area contributed by atoms with Gasteiger partial charge in [-0.25, -0.2) is 0 Å². The average molecular weight is 327 g/mol. The van der Waals surface area contributed by atoms with Gasteiger partial charge in [0.2, 0.25) is 0 Å². The van der Waals surface area contributed by atoms with E-state index in [0.29, 0.717) is 12.0 Å². The van der Waals surface area contributed by atoms with Crippen LogP contribution in [0.5, 0.6) is 0 Å². The highest BCUT2D eigenvalue weighted by Gasteiger charge is 2.23. The number of hydrogen-bond donors (Lipinski definition) is 2. The monoisotopic (exact) mass is 327 g/mol. The van der Waals surface area contributed by atoms with Crippen molar-refractivity contribution in [1.29, 1.82) is 0 Å². The normalized spacial score (nSPS) is 24.2. The van der Waals surface area contributed by atoms with E-state index in [1.54, 1.807) is 7.11 Å². The fraction of sp³-hybridized carbons (Fsp3) is 0.938. The molecule has 2 saturated heterocycles. The predicted octanol–water partition coefficient (Wildman–Crippen LogP) is -0.276. The fourth-order valence-electron chi connectivity index (χ4n) is 3.21. The molecule has 2 heterocycles. The van der Waals surface area contributed by atoms with Crippen LogP contribution in [0.1, 0.15) is 19.3 Å². The van der Waals surface area contributed by atoms with Crippen LogP contribution in [0.3, 0.4) is 0 Å². The van der Waals surface area contributed by atoms with Gasteiger partial charge in [0.1, 0.15) is 0 Å². The minimum absolute atomic E-state index is 0.513. The third kappa shape index (κ3) is 7.03. The molecule has 0 bridgehead atoms. The second-order valence-corrected chi connectivity index (χ2v) is 6.29.